The minimum absolute atomic E-state index is 0.00888. The summed E-state index contributed by atoms with van der Waals surface area (Å²) in [6, 6.07) is 12.7. The molecule has 0 unspecified atom stereocenters. The first-order valence-corrected chi connectivity index (χ1v) is 10.5. The largest absolute Gasteiger partial charge is 0.416 e. The second kappa shape index (κ2) is 7.24. The smallest absolute Gasteiger partial charge is 0.282 e. The monoisotopic (exact) mass is 408 g/mol. The lowest BCUT2D eigenvalue weighted by molar-refractivity contribution is -0.137. The summed E-state index contributed by atoms with van der Waals surface area (Å²) < 4.78 is 40.2. The molecule has 0 N–H and O–H groups in total. The van der Waals surface area contributed by atoms with E-state index in [0.717, 1.165) is 11.8 Å². The van der Waals surface area contributed by atoms with Crippen LogP contribution in [0.2, 0.25) is 0 Å². The molecule has 8 heteroatoms. The molecule has 1 aromatic heterocycles. The number of hydrogen-bond donors (Lipinski definition) is 0. The number of halogens is 3. The number of hydrogen-bond acceptors (Lipinski definition) is 4. The number of rotatable bonds is 4. The van der Waals surface area contributed by atoms with Crippen LogP contribution < -0.4 is 5.56 Å². The van der Waals surface area contributed by atoms with Gasteiger partial charge in [0.1, 0.15) is 0 Å². The van der Waals surface area contributed by atoms with Crippen molar-refractivity contribution in [3.8, 4) is 0 Å². The summed E-state index contributed by atoms with van der Waals surface area (Å²) in [5, 5.41) is 1.31. The van der Waals surface area contributed by atoms with Crippen LogP contribution in [0.4, 0.5) is 13.2 Å². The molecule has 0 bridgehead atoms. The van der Waals surface area contributed by atoms with E-state index in [0.29, 0.717) is 33.1 Å². The molecular weight excluding hydrogens is 393 g/mol. The normalized spacial score (nSPS) is 16.6. The van der Waals surface area contributed by atoms with Crippen molar-refractivity contribution in [2.24, 2.45) is 0 Å². The zero-order valence-electron chi connectivity index (χ0n) is 14.1. The number of alkyl halides is 3. The van der Waals surface area contributed by atoms with Crippen molar-refractivity contribution in [2.45, 2.75) is 23.1 Å². The van der Waals surface area contributed by atoms with Gasteiger partial charge in [-0.25, -0.2) is 4.98 Å². The van der Waals surface area contributed by atoms with Crippen LogP contribution in [0.15, 0.2) is 58.5 Å². The highest BCUT2D eigenvalue weighted by atomic mass is 32.2. The van der Waals surface area contributed by atoms with Gasteiger partial charge in [-0.15, -0.1) is 0 Å². The van der Waals surface area contributed by atoms with E-state index >= 15 is 0 Å². The zero-order chi connectivity index (χ0) is 19.0. The molecule has 0 spiro atoms. The van der Waals surface area contributed by atoms with Gasteiger partial charge in [-0.2, -0.15) is 24.9 Å². The van der Waals surface area contributed by atoms with Gasteiger partial charge < -0.3 is 0 Å². The zero-order valence-corrected chi connectivity index (χ0v) is 15.7. The van der Waals surface area contributed by atoms with Crippen LogP contribution in [0.3, 0.4) is 0 Å². The molecule has 1 aliphatic heterocycles. The molecule has 0 fully saturated rings. The molecular formula is C19H15F3N2OS2. The van der Waals surface area contributed by atoms with Gasteiger partial charge in [0, 0.05) is 17.3 Å². The Bertz CT molecular complexity index is 1050. The first kappa shape index (κ1) is 18.4. The van der Waals surface area contributed by atoms with Gasteiger partial charge in [0.25, 0.3) is 5.56 Å². The molecule has 0 amide bonds. The summed E-state index contributed by atoms with van der Waals surface area (Å²) in [6.07, 6.45) is -4.33. The number of para-hydroxylation sites is 1. The Kier molecular flexibility index (Phi) is 4.94. The molecule has 2 heterocycles. The van der Waals surface area contributed by atoms with Crippen molar-refractivity contribution >= 4 is 34.4 Å². The third-order valence-corrected chi connectivity index (χ3v) is 6.63. The Labute approximate surface area is 162 Å². The maximum atomic E-state index is 12.8. The number of benzene rings is 2. The lowest BCUT2D eigenvalue weighted by Gasteiger charge is -2.14. The number of thioether (sulfide) groups is 2. The maximum Gasteiger partial charge on any atom is 0.416 e. The van der Waals surface area contributed by atoms with Gasteiger partial charge >= 0.3 is 6.18 Å². The molecule has 140 valence electrons. The van der Waals surface area contributed by atoms with Gasteiger partial charge in [0.05, 0.1) is 22.5 Å². The van der Waals surface area contributed by atoms with E-state index in [1.165, 1.54) is 23.9 Å². The highest BCUT2D eigenvalue weighted by Crippen LogP contribution is 2.34. The molecule has 0 saturated carbocycles. The summed E-state index contributed by atoms with van der Waals surface area (Å²) in [7, 11) is 0. The molecule has 3 aromatic rings. The minimum atomic E-state index is -4.33. The van der Waals surface area contributed by atoms with Crippen LogP contribution in [0.1, 0.15) is 17.2 Å². The average molecular weight is 408 g/mol. The molecule has 1 aliphatic rings. The van der Waals surface area contributed by atoms with Crippen LogP contribution in [-0.2, 0) is 11.9 Å². The molecule has 0 radical (unpaired) electrons. The summed E-state index contributed by atoms with van der Waals surface area (Å²) >= 11 is 3.08. The fourth-order valence-electron chi connectivity index (χ4n) is 3.07. The van der Waals surface area contributed by atoms with Crippen LogP contribution in [0.25, 0.3) is 10.9 Å². The first-order chi connectivity index (χ1) is 12.9. The van der Waals surface area contributed by atoms with E-state index in [-0.39, 0.29) is 11.6 Å². The van der Waals surface area contributed by atoms with E-state index < -0.39 is 11.7 Å². The van der Waals surface area contributed by atoms with Crippen molar-refractivity contribution < 1.29 is 13.2 Å². The maximum absolute atomic E-state index is 12.8. The highest BCUT2D eigenvalue weighted by molar-refractivity contribution is 8.00. The SMILES string of the molecule is O=c1c2ccccc2nc2n1[C@H](CSCc1cccc(C(F)(F)F)c1)CS2. The minimum Gasteiger partial charge on any atom is -0.282 e. The van der Waals surface area contributed by atoms with Crippen LogP contribution in [-0.4, -0.2) is 21.1 Å². The number of fused-ring (bicyclic) bond motifs is 2. The Morgan fingerprint density at radius 2 is 2.00 bits per heavy atom. The third kappa shape index (κ3) is 3.73. The quantitative estimate of drug-likeness (QED) is 0.570. The fourth-order valence-corrected chi connectivity index (χ4v) is 5.43. The molecule has 27 heavy (non-hydrogen) atoms. The van der Waals surface area contributed by atoms with Crippen molar-refractivity contribution in [1.29, 1.82) is 0 Å². The van der Waals surface area contributed by atoms with Gasteiger partial charge in [-0.3, -0.25) is 9.36 Å². The standard InChI is InChI=1S/C19H15F3N2OS2/c20-19(21,22)13-5-3-4-12(8-13)9-26-10-14-11-27-18-23-16-7-2-1-6-15(16)17(25)24(14)18/h1-8,14H,9-11H2/t14-/m1/s1. The third-order valence-electron chi connectivity index (χ3n) is 4.38. The summed E-state index contributed by atoms with van der Waals surface area (Å²) in [6.45, 7) is 0. The Morgan fingerprint density at radius 1 is 1.19 bits per heavy atom. The number of nitrogens with zero attached hydrogens (tertiary/aromatic N) is 2. The lowest BCUT2D eigenvalue weighted by atomic mass is 10.1. The highest BCUT2D eigenvalue weighted by Gasteiger charge is 2.30. The van der Waals surface area contributed by atoms with Crippen molar-refractivity contribution in [1.82, 2.24) is 9.55 Å². The summed E-state index contributed by atoms with van der Waals surface area (Å²) in [5.74, 6) is 1.86. The second-order valence-electron chi connectivity index (χ2n) is 6.26. The number of aromatic nitrogens is 2. The predicted octanol–water partition coefficient (Wildman–Crippen LogP) is 5.00. The van der Waals surface area contributed by atoms with Gasteiger partial charge in [-0.05, 0) is 23.8 Å². The topological polar surface area (TPSA) is 34.9 Å². The summed E-state index contributed by atoms with van der Waals surface area (Å²) in [5.41, 5.74) is 0.641. The molecule has 3 nitrogen and oxygen atoms in total. The van der Waals surface area contributed by atoms with Crippen molar-refractivity contribution in [3.63, 3.8) is 0 Å². The van der Waals surface area contributed by atoms with Crippen LogP contribution in [0.5, 0.6) is 0 Å². The predicted molar refractivity (Wildman–Crippen MR) is 103 cm³/mol. The average Bonchev–Trinajstić information content (AvgIpc) is 3.05. The fraction of sp³-hybridized carbons (Fsp3) is 0.263. The van der Waals surface area contributed by atoms with Gasteiger partial charge in [0.15, 0.2) is 5.16 Å². The van der Waals surface area contributed by atoms with Crippen molar-refractivity contribution in [2.75, 3.05) is 11.5 Å². The molecule has 0 saturated heterocycles. The van der Waals surface area contributed by atoms with E-state index in [1.807, 2.05) is 18.2 Å². The lowest BCUT2D eigenvalue weighted by Crippen LogP contribution is -2.26. The molecule has 0 aliphatic carbocycles. The Balaban J connectivity index is 1.49. The summed E-state index contributed by atoms with van der Waals surface area (Å²) in [4.78, 5) is 17.4. The van der Waals surface area contributed by atoms with Crippen LogP contribution >= 0.6 is 23.5 Å². The van der Waals surface area contributed by atoms with E-state index in [1.54, 1.807) is 28.5 Å². The van der Waals surface area contributed by atoms with Gasteiger partial charge in [0.2, 0.25) is 0 Å². The Morgan fingerprint density at radius 3 is 2.81 bits per heavy atom. The van der Waals surface area contributed by atoms with E-state index in [2.05, 4.69) is 4.98 Å². The van der Waals surface area contributed by atoms with E-state index in [9.17, 15) is 18.0 Å². The second-order valence-corrected chi connectivity index (χ2v) is 8.28. The molecule has 1 atom stereocenters. The van der Waals surface area contributed by atoms with E-state index in [4.69, 9.17) is 0 Å². The van der Waals surface area contributed by atoms with Crippen molar-refractivity contribution in [3.05, 3.63) is 70.0 Å². The van der Waals surface area contributed by atoms with Crippen LogP contribution in [0, 0.1) is 0 Å². The molecule has 2 aromatic carbocycles. The molecule has 4 rings (SSSR count). The Hall–Kier alpha value is -1.93. The van der Waals surface area contributed by atoms with Gasteiger partial charge in [-0.1, -0.05) is 42.1 Å². The first-order valence-electron chi connectivity index (χ1n) is 8.31.